The van der Waals surface area contributed by atoms with Crippen LogP contribution in [0.25, 0.3) is 22.5 Å². The molecule has 2 unspecified atom stereocenters. The van der Waals surface area contributed by atoms with Gasteiger partial charge in [-0.15, -0.1) is 0 Å². The Morgan fingerprint density at radius 3 is 2.48 bits per heavy atom. The van der Waals surface area contributed by atoms with E-state index in [1.165, 1.54) is 0 Å². The van der Waals surface area contributed by atoms with Gasteiger partial charge in [0.15, 0.2) is 11.2 Å². The van der Waals surface area contributed by atoms with E-state index < -0.39 is 0 Å². The molecule has 1 aliphatic carbocycles. The van der Waals surface area contributed by atoms with Gasteiger partial charge in [0, 0.05) is 16.1 Å². The number of imidazole rings is 1. The Kier molecular flexibility index (Phi) is 4.94. The van der Waals surface area contributed by atoms with Crippen molar-refractivity contribution in [3.8, 4) is 11.4 Å². The minimum Gasteiger partial charge on any atom is -0.283 e. The van der Waals surface area contributed by atoms with Gasteiger partial charge in [-0.05, 0) is 49.2 Å². The van der Waals surface area contributed by atoms with Gasteiger partial charge < -0.3 is 0 Å². The molecular formula is C25H21BrN4O. The maximum Gasteiger partial charge on any atom is 0.286 e. The molecule has 1 aliphatic rings. The minimum atomic E-state index is -0.162. The summed E-state index contributed by atoms with van der Waals surface area (Å²) in [6, 6.07) is 17.6. The number of hydrogen-bond acceptors (Lipinski definition) is 3. The van der Waals surface area contributed by atoms with Gasteiger partial charge in [0.1, 0.15) is 12.2 Å². The Morgan fingerprint density at radius 2 is 1.74 bits per heavy atom. The number of hydrogen-bond donors (Lipinski definition) is 0. The molecule has 154 valence electrons. The first-order valence-electron chi connectivity index (χ1n) is 10.2. The fourth-order valence-electron chi connectivity index (χ4n) is 4.03. The second-order valence-electron chi connectivity index (χ2n) is 7.86. The molecule has 0 saturated carbocycles. The third kappa shape index (κ3) is 3.47. The summed E-state index contributed by atoms with van der Waals surface area (Å²) < 4.78 is 4.55. The van der Waals surface area contributed by atoms with Crippen LogP contribution in [0.4, 0.5) is 0 Å². The molecule has 4 aromatic rings. The lowest BCUT2D eigenvalue weighted by molar-refractivity contribution is 0.580. The van der Waals surface area contributed by atoms with Gasteiger partial charge in [-0.2, -0.15) is 0 Å². The number of halogens is 1. The van der Waals surface area contributed by atoms with Gasteiger partial charge >= 0.3 is 0 Å². The Labute approximate surface area is 188 Å². The zero-order chi connectivity index (χ0) is 21.5. The highest BCUT2D eigenvalue weighted by Crippen LogP contribution is 2.32. The van der Waals surface area contributed by atoms with Crippen molar-refractivity contribution in [1.82, 2.24) is 19.1 Å². The monoisotopic (exact) mass is 472 g/mol. The molecule has 31 heavy (non-hydrogen) atoms. The average molecular weight is 473 g/mol. The number of allylic oxidation sites excluding steroid dienone is 4. The molecule has 0 amide bonds. The van der Waals surface area contributed by atoms with Crippen LogP contribution in [0.3, 0.4) is 0 Å². The number of fused-ring (bicyclic) bond motifs is 1. The third-order valence-electron chi connectivity index (χ3n) is 5.69. The van der Waals surface area contributed by atoms with Crippen LogP contribution in [0.5, 0.6) is 0 Å². The van der Waals surface area contributed by atoms with Crippen LogP contribution in [0, 0.1) is 5.92 Å². The van der Waals surface area contributed by atoms with Crippen molar-refractivity contribution in [3.63, 3.8) is 0 Å². The highest BCUT2D eigenvalue weighted by Gasteiger charge is 2.26. The minimum absolute atomic E-state index is 0.0233. The highest BCUT2D eigenvalue weighted by molar-refractivity contribution is 9.10. The van der Waals surface area contributed by atoms with Crippen molar-refractivity contribution in [2.24, 2.45) is 5.92 Å². The van der Waals surface area contributed by atoms with Crippen LogP contribution in [-0.2, 0) is 0 Å². The SMILES string of the molecule is CC1=CC(c2nc3c(ncn3-c3ccccc3)c(=O)n2-c2ccc(Br)cc2)C(C)C=C1. The summed E-state index contributed by atoms with van der Waals surface area (Å²) in [5, 5.41) is 0. The molecule has 0 bridgehead atoms. The van der Waals surface area contributed by atoms with E-state index in [-0.39, 0.29) is 17.4 Å². The molecule has 2 aromatic heterocycles. The average Bonchev–Trinajstić information content (AvgIpc) is 3.21. The Bertz CT molecular complexity index is 1380. The van der Waals surface area contributed by atoms with E-state index in [2.05, 4.69) is 53.0 Å². The molecule has 5 rings (SSSR count). The van der Waals surface area contributed by atoms with Crippen molar-refractivity contribution in [1.29, 1.82) is 0 Å². The molecule has 5 nitrogen and oxygen atoms in total. The van der Waals surface area contributed by atoms with Gasteiger partial charge in [0.2, 0.25) is 0 Å². The molecule has 2 heterocycles. The zero-order valence-electron chi connectivity index (χ0n) is 17.2. The number of benzene rings is 2. The highest BCUT2D eigenvalue weighted by atomic mass is 79.9. The first kappa shape index (κ1) is 19.7. The van der Waals surface area contributed by atoms with E-state index in [1.54, 1.807) is 10.9 Å². The predicted octanol–water partition coefficient (Wildman–Crippen LogP) is 5.57. The van der Waals surface area contributed by atoms with Gasteiger partial charge in [0.05, 0.1) is 5.69 Å². The van der Waals surface area contributed by atoms with Crippen molar-refractivity contribution in [2.45, 2.75) is 19.8 Å². The maximum atomic E-state index is 13.7. The summed E-state index contributed by atoms with van der Waals surface area (Å²) in [5.74, 6) is 0.904. The van der Waals surface area contributed by atoms with E-state index in [1.807, 2.05) is 59.2 Å². The second-order valence-corrected chi connectivity index (χ2v) is 8.78. The summed E-state index contributed by atoms with van der Waals surface area (Å²) >= 11 is 3.48. The molecule has 0 aliphatic heterocycles. The van der Waals surface area contributed by atoms with E-state index >= 15 is 0 Å². The topological polar surface area (TPSA) is 52.7 Å². The first-order valence-corrected chi connectivity index (χ1v) is 11.0. The van der Waals surface area contributed by atoms with Gasteiger partial charge in [-0.3, -0.25) is 13.9 Å². The lowest BCUT2D eigenvalue weighted by atomic mass is 9.86. The summed E-state index contributed by atoms with van der Waals surface area (Å²) in [6.07, 6.45) is 8.17. The summed E-state index contributed by atoms with van der Waals surface area (Å²) in [6.45, 7) is 4.23. The lowest BCUT2D eigenvalue weighted by Crippen LogP contribution is -2.28. The van der Waals surface area contributed by atoms with Gasteiger partial charge in [0.25, 0.3) is 5.56 Å². The molecule has 6 heteroatoms. The molecule has 2 atom stereocenters. The molecule has 0 N–H and O–H groups in total. The van der Waals surface area contributed by atoms with Crippen LogP contribution in [0.1, 0.15) is 25.6 Å². The number of aromatic nitrogens is 4. The molecule has 0 radical (unpaired) electrons. The van der Waals surface area contributed by atoms with Crippen LogP contribution >= 0.6 is 15.9 Å². The van der Waals surface area contributed by atoms with Crippen molar-refractivity contribution < 1.29 is 0 Å². The quantitative estimate of drug-likeness (QED) is 0.391. The summed E-state index contributed by atoms with van der Waals surface area (Å²) in [5.41, 5.74) is 3.64. The third-order valence-corrected chi connectivity index (χ3v) is 6.22. The Morgan fingerprint density at radius 1 is 1.00 bits per heavy atom. The largest absolute Gasteiger partial charge is 0.286 e. The molecule has 0 spiro atoms. The zero-order valence-corrected chi connectivity index (χ0v) is 18.8. The second kappa shape index (κ2) is 7.78. The van der Waals surface area contributed by atoms with Crippen LogP contribution in [0.15, 0.2) is 94.0 Å². The van der Waals surface area contributed by atoms with Crippen molar-refractivity contribution >= 4 is 27.1 Å². The van der Waals surface area contributed by atoms with Gasteiger partial charge in [-0.25, -0.2) is 9.97 Å². The summed E-state index contributed by atoms with van der Waals surface area (Å²) in [7, 11) is 0. The van der Waals surface area contributed by atoms with Crippen molar-refractivity contribution in [2.75, 3.05) is 0 Å². The predicted molar refractivity (Wildman–Crippen MR) is 127 cm³/mol. The number of para-hydroxylation sites is 1. The molecule has 0 fully saturated rings. The van der Waals surface area contributed by atoms with Crippen LogP contribution < -0.4 is 5.56 Å². The van der Waals surface area contributed by atoms with Crippen LogP contribution in [0.2, 0.25) is 0 Å². The van der Waals surface area contributed by atoms with E-state index in [9.17, 15) is 4.79 Å². The van der Waals surface area contributed by atoms with Crippen molar-refractivity contribution in [3.05, 3.63) is 105 Å². The smallest absolute Gasteiger partial charge is 0.283 e. The Balaban J connectivity index is 1.83. The standard InChI is InChI=1S/C25H21BrN4O/c1-16-8-9-17(2)21(14-16)23-28-24-22(27-15-29(24)19-6-4-3-5-7-19)25(31)30(23)20-12-10-18(26)11-13-20/h3-15,17,21H,1-2H3. The molecular weight excluding hydrogens is 452 g/mol. The fraction of sp³-hybridized carbons (Fsp3) is 0.160. The lowest BCUT2D eigenvalue weighted by Gasteiger charge is -2.25. The fourth-order valence-corrected chi connectivity index (χ4v) is 4.30. The van der Waals surface area contributed by atoms with E-state index in [4.69, 9.17) is 4.98 Å². The summed E-state index contributed by atoms with van der Waals surface area (Å²) in [4.78, 5) is 23.2. The number of nitrogens with zero attached hydrogens (tertiary/aromatic N) is 4. The van der Waals surface area contributed by atoms with Gasteiger partial charge in [-0.1, -0.05) is 64.9 Å². The molecule has 0 saturated heterocycles. The Hall–Kier alpha value is -3.25. The normalized spacial score (nSPS) is 18.4. The number of rotatable bonds is 3. The van der Waals surface area contributed by atoms with E-state index in [0.717, 1.165) is 21.4 Å². The maximum absolute atomic E-state index is 13.7. The molecule has 2 aromatic carbocycles. The first-order chi connectivity index (χ1) is 15.0. The van der Waals surface area contributed by atoms with E-state index in [0.29, 0.717) is 17.0 Å². The van der Waals surface area contributed by atoms with Crippen LogP contribution in [-0.4, -0.2) is 19.1 Å².